The zero-order valence-electron chi connectivity index (χ0n) is 12.0. The minimum absolute atomic E-state index is 0.268. The largest absolute Gasteiger partial charge is 0.493 e. The summed E-state index contributed by atoms with van der Waals surface area (Å²) in [7, 11) is 1.60. The minimum atomic E-state index is -0.319. The van der Waals surface area contributed by atoms with E-state index >= 15 is 0 Å². The van der Waals surface area contributed by atoms with Crippen LogP contribution in [0.25, 0.3) is 0 Å². The van der Waals surface area contributed by atoms with Gasteiger partial charge in [-0.3, -0.25) is 0 Å². The number of hydrogen-bond acceptors (Lipinski definition) is 4. The van der Waals surface area contributed by atoms with E-state index in [0.29, 0.717) is 18.1 Å². The molecule has 0 spiro atoms. The number of nitrogens with zero attached hydrogens (tertiary/aromatic N) is 1. The predicted molar refractivity (Wildman–Crippen MR) is 80.9 cm³/mol. The fourth-order valence-electron chi connectivity index (χ4n) is 1.99. The van der Waals surface area contributed by atoms with Crippen molar-refractivity contribution in [3.05, 3.63) is 59.7 Å². The number of ether oxygens (including phenoxy) is 2. The number of nitrogens with two attached hydrogens (primary N) is 1. The monoisotopic (exact) mass is 282 g/mol. The van der Waals surface area contributed by atoms with E-state index in [9.17, 15) is 0 Å². The third-order valence-corrected chi connectivity index (χ3v) is 3.16. The summed E-state index contributed by atoms with van der Waals surface area (Å²) in [5, 5.41) is 8.73. The second-order valence-electron chi connectivity index (χ2n) is 4.65. The Morgan fingerprint density at radius 1 is 1.14 bits per heavy atom. The summed E-state index contributed by atoms with van der Waals surface area (Å²) in [5.41, 5.74) is 7.89. The quantitative estimate of drug-likeness (QED) is 0.883. The first-order valence-electron chi connectivity index (χ1n) is 6.71. The van der Waals surface area contributed by atoms with Gasteiger partial charge in [-0.05, 0) is 23.3 Å². The first-order chi connectivity index (χ1) is 10.2. The molecule has 0 heterocycles. The van der Waals surface area contributed by atoms with Crippen LogP contribution in [0.3, 0.4) is 0 Å². The topological polar surface area (TPSA) is 68.3 Å². The van der Waals surface area contributed by atoms with Gasteiger partial charge in [-0.1, -0.05) is 36.4 Å². The molecule has 2 rings (SSSR count). The summed E-state index contributed by atoms with van der Waals surface area (Å²) in [6.45, 7) is 0.453. The molecule has 0 saturated heterocycles. The molecule has 0 aliphatic carbocycles. The Labute approximate surface area is 124 Å². The van der Waals surface area contributed by atoms with Crippen LogP contribution in [0.5, 0.6) is 11.5 Å². The van der Waals surface area contributed by atoms with Gasteiger partial charge in [0.15, 0.2) is 11.5 Å². The molecule has 0 bridgehead atoms. The third-order valence-electron chi connectivity index (χ3n) is 3.16. The highest BCUT2D eigenvalue weighted by Crippen LogP contribution is 2.31. The van der Waals surface area contributed by atoms with E-state index in [0.717, 1.165) is 11.1 Å². The van der Waals surface area contributed by atoms with Gasteiger partial charge < -0.3 is 15.2 Å². The molecule has 0 fully saturated rings. The third kappa shape index (κ3) is 3.98. The summed E-state index contributed by atoms with van der Waals surface area (Å²) in [4.78, 5) is 0. The minimum Gasteiger partial charge on any atom is -0.493 e. The van der Waals surface area contributed by atoms with Crippen molar-refractivity contribution < 1.29 is 9.47 Å². The Balaban J connectivity index is 2.16. The summed E-state index contributed by atoms with van der Waals surface area (Å²) < 4.78 is 11.1. The molecule has 0 aromatic heterocycles. The van der Waals surface area contributed by atoms with Crippen LogP contribution in [0.2, 0.25) is 0 Å². The molecule has 2 aromatic carbocycles. The Bertz CT molecular complexity index is 620. The molecule has 108 valence electrons. The number of rotatable bonds is 6. The van der Waals surface area contributed by atoms with Crippen LogP contribution in [-0.4, -0.2) is 7.11 Å². The standard InChI is InChI=1S/C17H18N2O2/c1-20-16-8-7-14(15(19)9-10-18)11-17(16)21-12-13-5-3-2-4-6-13/h2-8,11,15H,9,12,19H2,1H3/t15-/m0/s1. The van der Waals surface area contributed by atoms with Crippen molar-refractivity contribution in [1.82, 2.24) is 0 Å². The molecular weight excluding hydrogens is 264 g/mol. The lowest BCUT2D eigenvalue weighted by molar-refractivity contribution is 0.284. The first-order valence-corrected chi connectivity index (χ1v) is 6.71. The van der Waals surface area contributed by atoms with Gasteiger partial charge in [-0.15, -0.1) is 0 Å². The zero-order valence-corrected chi connectivity index (χ0v) is 12.0. The van der Waals surface area contributed by atoms with Gasteiger partial charge in [0, 0.05) is 6.04 Å². The second-order valence-corrected chi connectivity index (χ2v) is 4.65. The van der Waals surface area contributed by atoms with Crippen molar-refractivity contribution >= 4 is 0 Å². The summed E-state index contributed by atoms with van der Waals surface area (Å²) in [6.07, 6.45) is 0.268. The van der Waals surface area contributed by atoms with Crippen molar-refractivity contribution in [3.63, 3.8) is 0 Å². The number of methoxy groups -OCH3 is 1. The van der Waals surface area contributed by atoms with E-state index in [1.165, 1.54) is 0 Å². The second kappa shape index (κ2) is 7.32. The lowest BCUT2D eigenvalue weighted by atomic mass is 10.0. The van der Waals surface area contributed by atoms with E-state index in [-0.39, 0.29) is 12.5 Å². The highest BCUT2D eigenvalue weighted by Gasteiger charge is 2.11. The molecule has 4 nitrogen and oxygen atoms in total. The molecule has 4 heteroatoms. The van der Waals surface area contributed by atoms with Gasteiger partial charge >= 0.3 is 0 Å². The zero-order chi connectivity index (χ0) is 15.1. The molecule has 2 aromatic rings. The van der Waals surface area contributed by atoms with Crippen molar-refractivity contribution in [1.29, 1.82) is 5.26 Å². The molecule has 0 aliphatic heterocycles. The highest BCUT2D eigenvalue weighted by atomic mass is 16.5. The SMILES string of the molecule is COc1ccc([C@@H](N)CC#N)cc1OCc1ccccc1. The molecule has 1 atom stereocenters. The van der Waals surface area contributed by atoms with E-state index in [1.54, 1.807) is 7.11 Å². The van der Waals surface area contributed by atoms with Gasteiger partial charge in [-0.2, -0.15) is 5.26 Å². The summed E-state index contributed by atoms with van der Waals surface area (Å²) in [6, 6.07) is 17.2. The molecule has 2 N–H and O–H groups in total. The molecule has 0 unspecified atom stereocenters. The fraction of sp³-hybridized carbons (Fsp3) is 0.235. The van der Waals surface area contributed by atoms with Crippen molar-refractivity contribution in [2.24, 2.45) is 5.73 Å². The molecule has 0 aliphatic rings. The van der Waals surface area contributed by atoms with E-state index in [4.69, 9.17) is 20.5 Å². The smallest absolute Gasteiger partial charge is 0.161 e. The van der Waals surface area contributed by atoms with E-state index < -0.39 is 0 Å². The van der Waals surface area contributed by atoms with E-state index in [2.05, 4.69) is 6.07 Å². The van der Waals surface area contributed by atoms with Gasteiger partial charge in [-0.25, -0.2) is 0 Å². The average Bonchev–Trinajstić information content (AvgIpc) is 2.54. The maximum absolute atomic E-state index is 8.73. The summed E-state index contributed by atoms with van der Waals surface area (Å²) in [5.74, 6) is 1.28. The predicted octanol–water partition coefficient (Wildman–Crippen LogP) is 3.19. The Hall–Kier alpha value is -2.51. The molecule has 21 heavy (non-hydrogen) atoms. The van der Waals surface area contributed by atoms with Crippen LogP contribution in [0.1, 0.15) is 23.6 Å². The normalized spacial score (nSPS) is 11.5. The lowest BCUT2D eigenvalue weighted by Crippen LogP contribution is -2.09. The summed E-state index contributed by atoms with van der Waals surface area (Å²) >= 11 is 0. The highest BCUT2D eigenvalue weighted by molar-refractivity contribution is 5.44. The van der Waals surface area contributed by atoms with Gasteiger partial charge in [0.05, 0.1) is 19.6 Å². The lowest BCUT2D eigenvalue weighted by Gasteiger charge is -2.14. The van der Waals surface area contributed by atoms with Crippen LogP contribution >= 0.6 is 0 Å². The van der Waals surface area contributed by atoms with Crippen LogP contribution in [0, 0.1) is 11.3 Å². The van der Waals surface area contributed by atoms with Crippen LogP contribution in [0.4, 0.5) is 0 Å². The van der Waals surface area contributed by atoms with Crippen LogP contribution in [0.15, 0.2) is 48.5 Å². The Morgan fingerprint density at radius 2 is 1.90 bits per heavy atom. The Kier molecular flexibility index (Phi) is 5.19. The maximum Gasteiger partial charge on any atom is 0.161 e. The van der Waals surface area contributed by atoms with Gasteiger partial charge in [0.2, 0.25) is 0 Å². The molecular formula is C17H18N2O2. The van der Waals surface area contributed by atoms with Gasteiger partial charge in [0.1, 0.15) is 6.61 Å². The van der Waals surface area contributed by atoms with E-state index in [1.807, 2.05) is 48.5 Å². The molecule has 0 radical (unpaired) electrons. The van der Waals surface area contributed by atoms with Crippen molar-refractivity contribution in [2.45, 2.75) is 19.1 Å². The number of nitriles is 1. The molecule has 0 amide bonds. The average molecular weight is 282 g/mol. The van der Waals surface area contributed by atoms with Crippen molar-refractivity contribution in [3.8, 4) is 17.6 Å². The number of hydrogen-bond donors (Lipinski definition) is 1. The Morgan fingerprint density at radius 3 is 2.57 bits per heavy atom. The van der Waals surface area contributed by atoms with Crippen LogP contribution in [-0.2, 0) is 6.61 Å². The number of benzene rings is 2. The van der Waals surface area contributed by atoms with Gasteiger partial charge in [0.25, 0.3) is 0 Å². The molecule has 0 saturated carbocycles. The van der Waals surface area contributed by atoms with Crippen LogP contribution < -0.4 is 15.2 Å². The fourth-order valence-corrected chi connectivity index (χ4v) is 1.99. The van der Waals surface area contributed by atoms with Crippen molar-refractivity contribution in [2.75, 3.05) is 7.11 Å². The first kappa shape index (κ1) is 14.9. The maximum atomic E-state index is 8.73.